The number of hydrogen-bond acceptors (Lipinski definition) is 9. The fourth-order valence-electron chi connectivity index (χ4n) is 3.32. The molecule has 0 spiro atoms. The molecule has 9 heteroatoms. The number of aromatic nitrogens is 2. The van der Waals surface area contributed by atoms with Gasteiger partial charge in [0.25, 0.3) is 0 Å². The minimum absolute atomic E-state index is 0.0894. The number of methoxy groups -OCH3 is 1. The Kier molecular flexibility index (Phi) is 6.58. The average molecular weight is 433 g/mol. The number of rotatable bonds is 5. The molecule has 8 nitrogen and oxygen atoms in total. The molecule has 0 amide bonds. The molecule has 0 saturated carbocycles. The molecule has 0 radical (unpaired) electrons. The van der Waals surface area contributed by atoms with Gasteiger partial charge < -0.3 is 15.2 Å². The second-order valence-corrected chi connectivity index (χ2v) is 7.66. The number of nitrogens with zero attached hydrogens (tertiary/aromatic N) is 4. The van der Waals surface area contributed by atoms with E-state index < -0.39 is 11.9 Å². The Morgan fingerprint density at radius 3 is 2.74 bits per heavy atom. The number of carbonyl (C=O) groups excluding carboxylic acids is 1. The highest BCUT2D eigenvalue weighted by molar-refractivity contribution is 7.99. The number of aryl methyl sites for hydroxylation is 2. The maximum absolute atomic E-state index is 12.7. The summed E-state index contributed by atoms with van der Waals surface area (Å²) in [5.74, 6) is -1.11. The Hall–Kier alpha value is -3.82. The molecule has 0 bridgehead atoms. The lowest BCUT2D eigenvalue weighted by molar-refractivity contribution is -0.136. The Bertz CT molecular complexity index is 1180. The fraction of sp³-hybridized carbons (Fsp3) is 0.227. The summed E-state index contributed by atoms with van der Waals surface area (Å²) in [6, 6.07) is 9.49. The summed E-state index contributed by atoms with van der Waals surface area (Å²) in [6.45, 7) is 3.68. The maximum Gasteiger partial charge on any atom is 0.338 e. The molecule has 3 heterocycles. The van der Waals surface area contributed by atoms with Crippen LogP contribution in [-0.2, 0) is 14.3 Å². The molecule has 2 aromatic heterocycles. The third-order valence-corrected chi connectivity index (χ3v) is 5.66. The Morgan fingerprint density at radius 2 is 2.13 bits per heavy atom. The first-order valence-electron chi connectivity index (χ1n) is 9.21. The summed E-state index contributed by atoms with van der Waals surface area (Å²) in [7, 11) is 1.26. The lowest BCUT2D eigenvalue weighted by Gasteiger charge is -2.27. The zero-order valence-electron chi connectivity index (χ0n) is 17.2. The largest absolute Gasteiger partial charge is 0.466 e. The van der Waals surface area contributed by atoms with E-state index in [4.69, 9.17) is 15.2 Å². The molecule has 0 fully saturated rings. The highest BCUT2D eigenvalue weighted by Crippen LogP contribution is 2.41. The van der Waals surface area contributed by atoms with Gasteiger partial charge in [0.05, 0.1) is 29.9 Å². The summed E-state index contributed by atoms with van der Waals surface area (Å²) >= 11 is 1.25. The number of nitriles is 2. The van der Waals surface area contributed by atoms with Crippen LogP contribution in [0.2, 0.25) is 0 Å². The molecule has 1 atom stereocenters. The molecule has 1 aliphatic heterocycles. The van der Waals surface area contributed by atoms with Crippen LogP contribution in [0.15, 0.2) is 58.4 Å². The number of thioether (sulfide) groups is 1. The van der Waals surface area contributed by atoms with Crippen molar-refractivity contribution >= 4 is 17.7 Å². The van der Waals surface area contributed by atoms with Crippen molar-refractivity contribution in [2.75, 3.05) is 12.9 Å². The second kappa shape index (κ2) is 9.33. The molecule has 0 saturated heterocycles. The van der Waals surface area contributed by atoms with Gasteiger partial charge in [0.15, 0.2) is 0 Å². The van der Waals surface area contributed by atoms with Gasteiger partial charge in [-0.25, -0.2) is 9.78 Å². The van der Waals surface area contributed by atoms with Gasteiger partial charge in [-0.15, -0.1) is 0 Å². The molecular formula is C22H19N5O3S. The number of ether oxygens (including phenoxy) is 2. The smallest absolute Gasteiger partial charge is 0.338 e. The number of hydrogen-bond donors (Lipinski definition) is 1. The van der Waals surface area contributed by atoms with Crippen LogP contribution in [0.4, 0.5) is 0 Å². The quantitative estimate of drug-likeness (QED) is 0.557. The molecule has 3 rings (SSSR count). The number of carbonyl (C=O) groups is 1. The predicted octanol–water partition coefficient (Wildman–Crippen LogP) is 2.99. The second-order valence-electron chi connectivity index (χ2n) is 6.70. The van der Waals surface area contributed by atoms with Crippen LogP contribution >= 0.6 is 11.8 Å². The summed E-state index contributed by atoms with van der Waals surface area (Å²) < 4.78 is 10.7. The molecule has 31 heavy (non-hydrogen) atoms. The molecular weight excluding hydrogens is 414 g/mol. The summed E-state index contributed by atoms with van der Waals surface area (Å²) in [5, 5.41) is 19.7. The van der Waals surface area contributed by atoms with E-state index >= 15 is 0 Å². The summed E-state index contributed by atoms with van der Waals surface area (Å²) in [5.41, 5.74) is 8.94. The number of pyridine rings is 2. The SMILES string of the molecule is COC(=O)C1=C(CSc2nc(C)cc(C)c2C#N)OC(N)=C(C#N)[C@@H]1c1cccnc1. The highest BCUT2D eigenvalue weighted by atomic mass is 32.2. The van der Waals surface area contributed by atoms with Crippen LogP contribution in [-0.4, -0.2) is 28.8 Å². The van der Waals surface area contributed by atoms with Gasteiger partial charge in [0, 0.05) is 18.1 Å². The average Bonchev–Trinajstić information content (AvgIpc) is 2.76. The van der Waals surface area contributed by atoms with E-state index in [2.05, 4.69) is 16.0 Å². The van der Waals surface area contributed by atoms with Crippen molar-refractivity contribution in [3.05, 3.63) is 75.8 Å². The molecule has 156 valence electrons. The standard InChI is InChI=1S/C22H19N5O3S/c1-12-7-13(2)27-21(15(12)8-23)31-11-17-19(22(28)29-3)18(14-5-4-6-26-10-14)16(9-24)20(25)30-17/h4-7,10,18H,11,25H2,1-3H3/t18-/m0/s1. The third-order valence-electron chi connectivity index (χ3n) is 4.68. The topological polar surface area (TPSA) is 135 Å². The monoisotopic (exact) mass is 433 g/mol. The van der Waals surface area contributed by atoms with E-state index in [1.165, 1.54) is 18.9 Å². The van der Waals surface area contributed by atoms with Crippen LogP contribution in [0, 0.1) is 36.5 Å². The zero-order chi connectivity index (χ0) is 22.5. The molecule has 2 aromatic rings. The lowest BCUT2D eigenvalue weighted by Crippen LogP contribution is -2.26. The van der Waals surface area contributed by atoms with Gasteiger partial charge in [-0.3, -0.25) is 4.98 Å². The minimum Gasteiger partial charge on any atom is -0.466 e. The number of esters is 1. The first-order chi connectivity index (χ1) is 14.9. The zero-order valence-corrected chi connectivity index (χ0v) is 18.0. The van der Waals surface area contributed by atoms with Crippen molar-refractivity contribution in [2.24, 2.45) is 5.73 Å². The summed E-state index contributed by atoms with van der Waals surface area (Å²) in [4.78, 5) is 21.3. The van der Waals surface area contributed by atoms with Crippen molar-refractivity contribution in [3.63, 3.8) is 0 Å². The van der Waals surface area contributed by atoms with E-state index in [9.17, 15) is 15.3 Å². The normalized spacial score (nSPS) is 15.7. The van der Waals surface area contributed by atoms with Gasteiger partial charge in [0.2, 0.25) is 5.88 Å². The Balaban J connectivity index is 2.09. The van der Waals surface area contributed by atoms with E-state index in [0.717, 1.165) is 11.3 Å². The number of nitrogens with two attached hydrogens (primary N) is 1. The third kappa shape index (κ3) is 4.37. The van der Waals surface area contributed by atoms with Crippen LogP contribution in [0.1, 0.15) is 28.3 Å². The van der Waals surface area contributed by atoms with Crippen LogP contribution in [0.3, 0.4) is 0 Å². The first-order valence-corrected chi connectivity index (χ1v) is 10.2. The van der Waals surface area contributed by atoms with Gasteiger partial charge in [-0.2, -0.15) is 10.5 Å². The van der Waals surface area contributed by atoms with Crippen molar-refractivity contribution in [1.82, 2.24) is 9.97 Å². The lowest BCUT2D eigenvalue weighted by atomic mass is 9.84. The van der Waals surface area contributed by atoms with E-state index in [1.807, 2.05) is 26.0 Å². The van der Waals surface area contributed by atoms with Crippen molar-refractivity contribution in [3.8, 4) is 12.1 Å². The molecule has 0 aliphatic carbocycles. The molecule has 0 unspecified atom stereocenters. The van der Waals surface area contributed by atoms with E-state index in [1.54, 1.807) is 24.5 Å². The Labute approximate surface area is 184 Å². The van der Waals surface area contributed by atoms with Gasteiger partial charge in [-0.05, 0) is 37.1 Å². The van der Waals surface area contributed by atoms with E-state index in [0.29, 0.717) is 16.2 Å². The first kappa shape index (κ1) is 21.9. The van der Waals surface area contributed by atoms with Gasteiger partial charge in [-0.1, -0.05) is 17.8 Å². The fourth-order valence-corrected chi connectivity index (χ4v) is 4.36. The van der Waals surface area contributed by atoms with Crippen LogP contribution < -0.4 is 5.73 Å². The maximum atomic E-state index is 12.7. The molecule has 2 N–H and O–H groups in total. The van der Waals surface area contributed by atoms with Crippen LogP contribution in [0.5, 0.6) is 0 Å². The van der Waals surface area contributed by atoms with Gasteiger partial charge >= 0.3 is 5.97 Å². The van der Waals surface area contributed by atoms with E-state index in [-0.39, 0.29) is 28.5 Å². The minimum atomic E-state index is -0.779. The highest BCUT2D eigenvalue weighted by Gasteiger charge is 2.37. The van der Waals surface area contributed by atoms with Crippen molar-refractivity contribution < 1.29 is 14.3 Å². The van der Waals surface area contributed by atoms with Crippen molar-refractivity contribution in [2.45, 2.75) is 24.8 Å². The molecule has 0 aromatic carbocycles. The number of allylic oxidation sites excluding steroid dienone is 1. The van der Waals surface area contributed by atoms with Gasteiger partial charge in [0.1, 0.15) is 28.5 Å². The Morgan fingerprint density at radius 1 is 1.35 bits per heavy atom. The predicted molar refractivity (Wildman–Crippen MR) is 113 cm³/mol. The van der Waals surface area contributed by atoms with Crippen molar-refractivity contribution in [1.29, 1.82) is 10.5 Å². The molecule has 1 aliphatic rings. The van der Waals surface area contributed by atoms with Crippen LogP contribution in [0.25, 0.3) is 0 Å². The summed E-state index contributed by atoms with van der Waals surface area (Å²) in [6.07, 6.45) is 3.16.